The highest BCUT2D eigenvalue weighted by Crippen LogP contribution is 2.29. The number of carbonyl (C=O) groups is 1. The summed E-state index contributed by atoms with van der Waals surface area (Å²) in [6.45, 7) is 6.72. The topological polar surface area (TPSA) is 69.0 Å². The largest absolute Gasteiger partial charge is 0.462 e. The van der Waals surface area contributed by atoms with Gasteiger partial charge in [0.05, 0.1) is 24.0 Å². The van der Waals surface area contributed by atoms with Crippen LogP contribution in [0.2, 0.25) is 0 Å². The van der Waals surface area contributed by atoms with E-state index in [0.717, 1.165) is 33.4 Å². The van der Waals surface area contributed by atoms with E-state index in [2.05, 4.69) is 15.4 Å². The van der Waals surface area contributed by atoms with Gasteiger partial charge in [-0.05, 0) is 26.3 Å². The number of benzene rings is 1. The second-order valence-electron chi connectivity index (χ2n) is 5.97. The third kappa shape index (κ3) is 3.20. The van der Waals surface area contributed by atoms with E-state index in [-0.39, 0.29) is 5.97 Å². The highest BCUT2D eigenvalue weighted by molar-refractivity contribution is 6.05. The van der Waals surface area contributed by atoms with Gasteiger partial charge in [-0.25, -0.2) is 4.79 Å². The van der Waals surface area contributed by atoms with Crippen LogP contribution in [0.4, 0.5) is 5.69 Å². The van der Waals surface area contributed by atoms with Crippen molar-refractivity contribution >= 4 is 22.6 Å². The summed E-state index contributed by atoms with van der Waals surface area (Å²) in [7, 11) is 1.91. The van der Waals surface area contributed by atoms with E-state index >= 15 is 0 Å². The molecule has 0 atom stereocenters. The fraction of sp³-hybridized carbons (Fsp3) is 0.316. The molecule has 0 fully saturated rings. The Hall–Kier alpha value is -2.89. The summed E-state index contributed by atoms with van der Waals surface area (Å²) >= 11 is 0. The molecule has 0 saturated heterocycles. The predicted octanol–water partition coefficient (Wildman–Crippen LogP) is 3.37. The van der Waals surface area contributed by atoms with Crippen LogP contribution in [0.3, 0.4) is 0 Å². The molecule has 0 aliphatic heterocycles. The van der Waals surface area contributed by atoms with Crippen molar-refractivity contribution in [2.45, 2.75) is 27.3 Å². The van der Waals surface area contributed by atoms with Crippen molar-refractivity contribution in [3.05, 3.63) is 53.0 Å². The van der Waals surface area contributed by atoms with Crippen LogP contribution in [0.5, 0.6) is 0 Å². The summed E-state index contributed by atoms with van der Waals surface area (Å²) in [6.07, 6.45) is 3.42. The van der Waals surface area contributed by atoms with Crippen LogP contribution in [-0.4, -0.2) is 27.3 Å². The smallest absolute Gasteiger partial charge is 0.341 e. The van der Waals surface area contributed by atoms with Crippen LogP contribution >= 0.6 is 0 Å². The van der Waals surface area contributed by atoms with Crippen molar-refractivity contribution in [2.75, 3.05) is 11.9 Å². The lowest BCUT2D eigenvalue weighted by molar-refractivity contribution is 0.0527. The molecule has 25 heavy (non-hydrogen) atoms. The number of pyridine rings is 1. The molecule has 3 aromatic rings. The van der Waals surface area contributed by atoms with Crippen molar-refractivity contribution < 1.29 is 9.53 Å². The average Bonchev–Trinajstić information content (AvgIpc) is 2.92. The number of carbonyl (C=O) groups excluding carboxylic acids is 1. The van der Waals surface area contributed by atoms with Crippen LogP contribution in [-0.2, 0) is 18.3 Å². The minimum Gasteiger partial charge on any atom is -0.462 e. The Kier molecular flexibility index (Phi) is 4.70. The number of fused-ring (bicyclic) bond motifs is 1. The number of esters is 1. The Morgan fingerprint density at radius 1 is 1.28 bits per heavy atom. The number of aromatic nitrogens is 3. The molecular formula is C19H22N4O2. The van der Waals surface area contributed by atoms with E-state index in [4.69, 9.17) is 4.74 Å². The van der Waals surface area contributed by atoms with Gasteiger partial charge in [0.25, 0.3) is 0 Å². The lowest BCUT2D eigenvalue weighted by Gasteiger charge is -2.15. The second-order valence-corrected chi connectivity index (χ2v) is 5.97. The third-order valence-corrected chi connectivity index (χ3v) is 4.39. The highest BCUT2D eigenvalue weighted by atomic mass is 16.5. The third-order valence-electron chi connectivity index (χ3n) is 4.39. The SMILES string of the molecule is CCOC(=O)c1cnc2c(C)cccc2c1NCc1cnn(C)c1C. The molecule has 0 radical (unpaired) electrons. The first kappa shape index (κ1) is 17.0. The molecule has 2 heterocycles. The van der Waals surface area contributed by atoms with Gasteiger partial charge in [-0.1, -0.05) is 18.2 Å². The van der Waals surface area contributed by atoms with Crippen LogP contribution < -0.4 is 5.32 Å². The molecule has 130 valence electrons. The molecule has 0 spiro atoms. The molecule has 0 saturated carbocycles. The number of anilines is 1. The quantitative estimate of drug-likeness (QED) is 0.722. The molecular weight excluding hydrogens is 316 g/mol. The summed E-state index contributed by atoms with van der Waals surface area (Å²) < 4.78 is 7.02. The van der Waals surface area contributed by atoms with Crippen LogP contribution in [0.25, 0.3) is 10.9 Å². The zero-order valence-electron chi connectivity index (χ0n) is 15.0. The first-order valence-electron chi connectivity index (χ1n) is 8.29. The van der Waals surface area contributed by atoms with Crippen LogP contribution in [0, 0.1) is 13.8 Å². The second kappa shape index (κ2) is 6.93. The molecule has 6 nitrogen and oxygen atoms in total. The minimum absolute atomic E-state index is 0.325. The van der Waals surface area contributed by atoms with Gasteiger partial charge in [-0.2, -0.15) is 5.10 Å². The average molecular weight is 338 g/mol. The summed E-state index contributed by atoms with van der Waals surface area (Å²) in [4.78, 5) is 16.8. The van der Waals surface area contributed by atoms with Gasteiger partial charge in [0, 0.05) is 36.4 Å². The molecule has 1 N–H and O–H groups in total. The lowest BCUT2D eigenvalue weighted by Crippen LogP contribution is -2.11. The normalized spacial score (nSPS) is 10.9. The van der Waals surface area contributed by atoms with Crippen molar-refractivity contribution in [3.8, 4) is 0 Å². The predicted molar refractivity (Wildman–Crippen MR) is 97.7 cm³/mol. The van der Waals surface area contributed by atoms with E-state index in [9.17, 15) is 4.79 Å². The standard InChI is InChI=1S/C19H22N4O2/c1-5-25-19(24)16-11-21-17-12(2)7-6-8-15(17)18(16)20-9-14-10-22-23(4)13(14)3/h6-8,10-11H,5,9H2,1-4H3,(H,20,21). The number of nitrogens with zero attached hydrogens (tertiary/aromatic N) is 3. The molecule has 0 bridgehead atoms. The van der Waals surface area contributed by atoms with Crippen molar-refractivity contribution in [3.63, 3.8) is 0 Å². The molecule has 1 aromatic carbocycles. The van der Waals surface area contributed by atoms with Gasteiger partial charge in [0.15, 0.2) is 0 Å². The fourth-order valence-electron chi connectivity index (χ4n) is 2.83. The number of ether oxygens (including phenoxy) is 1. The molecule has 0 aliphatic rings. The number of hydrogen-bond acceptors (Lipinski definition) is 5. The first-order chi connectivity index (χ1) is 12.0. The monoisotopic (exact) mass is 338 g/mol. The Morgan fingerprint density at radius 2 is 2.08 bits per heavy atom. The minimum atomic E-state index is -0.371. The van der Waals surface area contributed by atoms with Crippen molar-refractivity contribution in [1.82, 2.24) is 14.8 Å². The van der Waals surface area contributed by atoms with E-state index in [1.165, 1.54) is 0 Å². The number of para-hydroxylation sites is 1. The maximum Gasteiger partial charge on any atom is 0.341 e. The molecule has 6 heteroatoms. The zero-order valence-corrected chi connectivity index (χ0v) is 15.0. The lowest BCUT2D eigenvalue weighted by atomic mass is 10.1. The van der Waals surface area contributed by atoms with Crippen LogP contribution in [0.1, 0.15) is 34.1 Å². The summed E-state index contributed by atoms with van der Waals surface area (Å²) in [5.74, 6) is -0.371. The van der Waals surface area contributed by atoms with E-state index in [1.54, 1.807) is 13.1 Å². The summed E-state index contributed by atoms with van der Waals surface area (Å²) in [6, 6.07) is 5.94. The Labute approximate surface area is 146 Å². The van der Waals surface area contributed by atoms with Crippen molar-refractivity contribution in [2.24, 2.45) is 7.05 Å². The molecule has 0 unspecified atom stereocenters. The fourth-order valence-corrected chi connectivity index (χ4v) is 2.83. The van der Waals surface area contributed by atoms with E-state index in [1.807, 2.05) is 50.0 Å². The molecule has 2 aromatic heterocycles. The maximum atomic E-state index is 12.4. The Bertz CT molecular complexity index is 931. The number of aryl methyl sites for hydroxylation is 2. The Morgan fingerprint density at radius 3 is 2.76 bits per heavy atom. The Balaban J connectivity index is 2.05. The van der Waals surface area contributed by atoms with Crippen LogP contribution in [0.15, 0.2) is 30.6 Å². The summed E-state index contributed by atoms with van der Waals surface area (Å²) in [5, 5.41) is 8.57. The zero-order chi connectivity index (χ0) is 18.0. The number of hydrogen-bond donors (Lipinski definition) is 1. The first-order valence-corrected chi connectivity index (χ1v) is 8.29. The summed E-state index contributed by atoms with van der Waals surface area (Å²) in [5.41, 5.74) is 5.29. The highest BCUT2D eigenvalue weighted by Gasteiger charge is 2.17. The molecule has 0 amide bonds. The van der Waals surface area contributed by atoms with Gasteiger partial charge in [0.1, 0.15) is 5.56 Å². The van der Waals surface area contributed by atoms with Gasteiger partial charge >= 0.3 is 5.97 Å². The maximum absolute atomic E-state index is 12.4. The van der Waals surface area contributed by atoms with Gasteiger partial charge in [0.2, 0.25) is 0 Å². The molecule has 0 aliphatic carbocycles. The number of nitrogens with one attached hydrogen (secondary N) is 1. The van der Waals surface area contributed by atoms with Gasteiger partial charge < -0.3 is 10.1 Å². The van der Waals surface area contributed by atoms with E-state index in [0.29, 0.717) is 18.7 Å². The van der Waals surface area contributed by atoms with Crippen molar-refractivity contribution in [1.29, 1.82) is 0 Å². The molecule has 3 rings (SSSR count). The number of rotatable bonds is 5. The van der Waals surface area contributed by atoms with E-state index < -0.39 is 0 Å². The van der Waals surface area contributed by atoms with Gasteiger partial charge in [-0.15, -0.1) is 0 Å². The van der Waals surface area contributed by atoms with Gasteiger partial charge in [-0.3, -0.25) is 9.67 Å².